The van der Waals surface area contributed by atoms with Gasteiger partial charge in [0.15, 0.2) is 0 Å². The third kappa shape index (κ3) is 1.78. The minimum Gasteiger partial charge on any atom is -0.483 e. The van der Waals surface area contributed by atoms with Gasteiger partial charge in [-0.1, -0.05) is 11.6 Å². The molecule has 1 aromatic carbocycles. The molecule has 1 amide bonds. The van der Waals surface area contributed by atoms with Crippen LogP contribution in [0.3, 0.4) is 0 Å². The van der Waals surface area contributed by atoms with Gasteiger partial charge in [0.05, 0.1) is 24.9 Å². The fourth-order valence-electron chi connectivity index (χ4n) is 1.68. The minimum absolute atomic E-state index is 0.0190. The van der Waals surface area contributed by atoms with Gasteiger partial charge in [-0.25, -0.2) is 4.99 Å². The molecule has 4 heteroatoms. The van der Waals surface area contributed by atoms with E-state index in [-0.39, 0.29) is 5.91 Å². The Labute approximate surface area is 94.5 Å². The van der Waals surface area contributed by atoms with Crippen LogP contribution in [0.5, 0.6) is 0 Å². The van der Waals surface area contributed by atoms with Crippen LogP contribution in [0.2, 0.25) is 0 Å². The number of carbonyl (C=O) groups excluding carboxylic acids is 1. The summed E-state index contributed by atoms with van der Waals surface area (Å²) in [5.74, 6) is 0.535. The van der Waals surface area contributed by atoms with E-state index in [1.807, 2.05) is 25.1 Å². The highest BCUT2D eigenvalue weighted by Gasteiger charge is 2.21. The Kier molecular flexibility index (Phi) is 2.64. The summed E-state index contributed by atoms with van der Waals surface area (Å²) in [5, 5.41) is 0. The van der Waals surface area contributed by atoms with Gasteiger partial charge in [0.25, 0.3) is 5.91 Å². The molecule has 1 aliphatic heterocycles. The van der Waals surface area contributed by atoms with Gasteiger partial charge in [-0.15, -0.1) is 0 Å². The molecule has 1 aromatic rings. The molecule has 0 spiro atoms. The number of hydrogen-bond acceptors (Lipinski definition) is 3. The van der Waals surface area contributed by atoms with Crippen molar-refractivity contribution >= 4 is 17.5 Å². The topological polar surface area (TPSA) is 41.9 Å². The van der Waals surface area contributed by atoms with E-state index in [2.05, 4.69) is 4.99 Å². The first-order valence-electron chi connectivity index (χ1n) is 5.09. The summed E-state index contributed by atoms with van der Waals surface area (Å²) >= 11 is 0. The second-order valence-corrected chi connectivity index (χ2v) is 3.89. The van der Waals surface area contributed by atoms with Crippen LogP contribution < -0.4 is 0 Å². The van der Waals surface area contributed by atoms with E-state index in [1.54, 1.807) is 19.1 Å². The molecule has 16 heavy (non-hydrogen) atoms. The van der Waals surface area contributed by atoms with Crippen LogP contribution in [-0.2, 0) is 4.74 Å². The molecular weight excluding hydrogens is 204 g/mol. The molecule has 0 N–H and O–H groups in total. The lowest BCUT2D eigenvalue weighted by Crippen LogP contribution is -2.31. The van der Waals surface area contributed by atoms with E-state index in [9.17, 15) is 4.79 Å². The molecule has 84 valence electrons. The number of rotatable bonds is 0. The van der Waals surface area contributed by atoms with Gasteiger partial charge >= 0.3 is 0 Å². The average Bonchev–Trinajstić information content (AvgIpc) is 2.39. The first kappa shape index (κ1) is 10.7. The fraction of sp³-hybridized carbons (Fsp3) is 0.333. The molecule has 0 radical (unpaired) electrons. The lowest BCUT2D eigenvalue weighted by Gasteiger charge is -2.14. The highest BCUT2D eigenvalue weighted by Crippen LogP contribution is 2.24. The summed E-state index contributed by atoms with van der Waals surface area (Å²) in [7, 11) is 3.31. The third-order valence-corrected chi connectivity index (χ3v) is 2.58. The Morgan fingerprint density at radius 3 is 2.88 bits per heavy atom. The molecule has 1 heterocycles. The molecule has 2 rings (SSSR count). The fourth-order valence-corrected chi connectivity index (χ4v) is 1.68. The number of methoxy groups -OCH3 is 1. The predicted octanol–water partition coefficient (Wildman–Crippen LogP) is 1.76. The molecule has 0 bridgehead atoms. The van der Waals surface area contributed by atoms with Crippen molar-refractivity contribution in [3.05, 3.63) is 29.3 Å². The van der Waals surface area contributed by atoms with Gasteiger partial charge < -0.3 is 9.64 Å². The van der Waals surface area contributed by atoms with E-state index < -0.39 is 0 Å². The van der Waals surface area contributed by atoms with Gasteiger partial charge in [0.1, 0.15) is 0 Å². The van der Waals surface area contributed by atoms with Crippen LogP contribution in [0.1, 0.15) is 15.9 Å². The number of hydrogen-bond donors (Lipinski definition) is 0. The van der Waals surface area contributed by atoms with E-state index in [0.717, 1.165) is 5.56 Å². The number of amides is 1. The van der Waals surface area contributed by atoms with Crippen LogP contribution >= 0.6 is 0 Å². The molecule has 0 saturated carbocycles. The predicted molar refractivity (Wildman–Crippen MR) is 62.2 cm³/mol. The molecule has 0 saturated heterocycles. The Morgan fingerprint density at radius 2 is 2.19 bits per heavy atom. The van der Waals surface area contributed by atoms with Crippen LogP contribution in [-0.4, -0.2) is 37.4 Å². The zero-order valence-corrected chi connectivity index (χ0v) is 9.65. The largest absolute Gasteiger partial charge is 0.483 e. The second-order valence-electron chi connectivity index (χ2n) is 3.89. The van der Waals surface area contributed by atoms with Gasteiger partial charge in [-0.05, 0) is 19.1 Å². The lowest BCUT2D eigenvalue weighted by atomic mass is 10.1. The normalized spacial score (nSPS) is 15.3. The van der Waals surface area contributed by atoms with Gasteiger partial charge in [-0.2, -0.15) is 0 Å². The Hall–Kier alpha value is -1.84. The Bertz CT molecular complexity index is 466. The van der Waals surface area contributed by atoms with Crippen LogP contribution in [0.25, 0.3) is 0 Å². The lowest BCUT2D eigenvalue weighted by molar-refractivity contribution is 0.0811. The number of benzene rings is 1. The van der Waals surface area contributed by atoms with Crippen molar-refractivity contribution in [2.45, 2.75) is 6.92 Å². The maximum Gasteiger partial charge on any atom is 0.256 e. The quantitative estimate of drug-likeness (QED) is 0.665. The number of aryl methyl sites for hydroxylation is 1. The van der Waals surface area contributed by atoms with Crippen molar-refractivity contribution in [1.82, 2.24) is 4.90 Å². The number of nitrogens with zero attached hydrogens (tertiary/aromatic N) is 2. The van der Waals surface area contributed by atoms with E-state index in [1.165, 1.54) is 0 Å². The molecule has 0 aromatic heterocycles. The summed E-state index contributed by atoms with van der Waals surface area (Å²) in [6, 6.07) is 5.64. The molecule has 0 aliphatic carbocycles. The third-order valence-electron chi connectivity index (χ3n) is 2.58. The summed E-state index contributed by atoms with van der Waals surface area (Å²) in [4.78, 5) is 18.0. The average molecular weight is 218 g/mol. The van der Waals surface area contributed by atoms with Crippen molar-refractivity contribution in [2.24, 2.45) is 4.99 Å². The van der Waals surface area contributed by atoms with Crippen LogP contribution in [0.15, 0.2) is 23.2 Å². The van der Waals surface area contributed by atoms with Crippen molar-refractivity contribution in [1.29, 1.82) is 0 Å². The molecule has 4 nitrogen and oxygen atoms in total. The molecular formula is C12H14N2O2. The summed E-state index contributed by atoms with van der Waals surface area (Å²) in [6.45, 7) is 2.36. The van der Waals surface area contributed by atoms with Gasteiger partial charge in [0.2, 0.25) is 5.90 Å². The Morgan fingerprint density at radius 1 is 1.44 bits per heavy atom. The maximum absolute atomic E-state index is 12.0. The first-order chi connectivity index (χ1) is 7.61. The highest BCUT2D eigenvalue weighted by molar-refractivity contribution is 6.03. The minimum atomic E-state index is -0.0190. The van der Waals surface area contributed by atoms with Crippen molar-refractivity contribution < 1.29 is 9.53 Å². The summed E-state index contributed by atoms with van der Waals surface area (Å²) in [5.41, 5.74) is 2.36. The SMILES string of the molecule is COC1=Nc2ccc(C)cc2C(=O)N(C)C1. The molecule has 0 unspecified atom stereocenters. The van der Waals surface area contributed by atoms with E-state index in [4.69, 9.17) is 4.74 Å². The first-order valence-corrected chi connectivity index (χ1v) is 5.09. The van der Waals surface area contributed by atoms with Gasteiger partial charge in [0, 0.05) is 7.05 Å². The summed E-state index contributed by atoms with van der Waals surface area (Å²) in [6.07, 6.45) is 0. The number of carbonyl (C=O) groups is 1. The molecule has 0 atom stereocenters. The second kappa shape index (κ2) is 3.96. The number of fused-ring (bicyclic) bond motifs is 1. The van der Waals surface area contributed by atoms with Crippen molar-refractivity contribution in [3.63, 3.8) is 0 Å². The van der Waals surface area contributed by atoms with Gasteiger partial charge in [-0.3, -0.25) is 4.79 Å². The zero-order chi connectivity index (χ0) is 11.7. The number of likely N-dealkylation sites (N-methyl/N-ethyl adjacent to an activating group) is 1. The van der Waals surface area contributed by atoms with E-state index in [0.29, 0.717) is 23.7 Å². The smallest absolute Gasteiger partial charge is 0.256 e. The van der Waals surface area contributed by atoms with Crippen LogP contribution in [0, 0.1) is 6.92 Å². The van der Waals surface area contributed by atoms with E-state index >= 15 is 0 Å². The van der Waals surface area contributed by atoms with Crippen molar-refractivity contribution in [3.8, 4) is 0 Å². The monoisotopic (exact) mass is 218 g/mol. The summed E-state index contributed by atoms with van der Waals surface area (Å²) < 4.78 is 5.13. The molecule has 1 aliphatic rings. The van der Waals surface area contributed by atoms with Crippen LogP contribution in [0.4, 0.5) is 5.69 Å². The Balaban J connectivity index is 2.57. The number of aliphatic imine (C=N–C) groups is 1. The number of ether oxygens (including phenoxy) is 1. The zero-order valence-electron chi connectivity index (χ0n) is 9.65. The maximum atomic E-state index is 12.0. The highest BCUT2D eigenvalue weighted by atomic mass is 16.5. The standard InChI is InChI=1S/C12H14N2O2/c1-8-4-5-10-9(6-8)12(15)14(2)7-11(13-10)16-3/h4-6H,7H2,1-3H3. The molecule has 0 fully saturated rings. The van der Waals surface area contributed by atoms with Crippen molar-refractivity contribution in [2.75, 3.05) is 20.7 Å².